The number of likely N-dealkylation sites (N-methyl/N-ethyl adjacent to an activating group) is 1. The lowest BCUT2D eigenvalue weighted by molar-refractivity contribution is 0.148. The Balaban J connectivity index is 0.00000210. The Labute approximate surface area is 164 Å². The molecule has 1 saturated heterocycles. The lowest BCUT2D eigenvalue weighted by Gasteiger charge is -2.32. The van der Waals surface area contributed by atoms with Crippen molar-refractivity contribution < 1.29 is 5.11 Å². The van der Waals surface area contributed by atoms with E-state index in [9.17, 15) is 5.11 Å². The third-order valence-electron chi connectivity index (χ3n) is 4.99. The number of rotatable bonds is 3. The third-order valence-corrected chi connectivity index (χ3v) is 4.99. The van der Waals surface area contributed by atoms with Gasteiger partial charge in [-0.25, -0.2) is 0 Å². The van der Waals surface area contributed by atoms with Gasteiger partial charge in [-0.15, -0.1) is 12.4 Å². The number of fused-ring (bicyclic) bond motifs is 1. The number of hydrogen-bond donors (Lipinski definition) is 2. The maximum atomic E-state index is 10.3. The molecule has 0 atom stereocenters. The Morgan fingerprint density at radius 3 is 2.63 bits per heavy atom. The number of piperazine rings is 1. The highest BCUT2D eigenvalue weighted by molar-refractivity contribution is 5.98. The molecule has 1 aliphatic rings. The predicted octanol–water partition coefficient (Wildman–Crippen LogP) is 2.98. The van der Waals surface area contributed by atoms with Crippen molar-refractivity contribution >= 4 is 23.3 Å². The van der Waals surface area contributed by atoms with Crippen LogP contribution in [0.2, 0.25) is 0 Å². The van der Waals surface area contributed by atoms with Gasteiger partial charge in [-0.2, -0.15) is 5.26 Å². The first-order valence-electron chi connectivity index (χ1n) is 8.75. The molecule has 27 heavy (non-hydrogen) atoms. The Bertz CT molecular complexity index is 968. The second-order valence-electron chi connectivity index (χ2n) is 6.85. The fraction of sp³-hybridized carbons (Fsp3) is 0.300. The maximum Gasteiger partial charge on any atom is 0.199 e. The van der Waals surface area contributed by atoms with Crippen molar-refractivity contribution in [1.82, 2.24) is 19.8 Å². The van der Waals surface area contributed by atoms with Crippen LogP contribution in [0.3, 0.4) is 0 Å². The minimum atomic E-state index is 0. The first-order valence-corrected chi connectivity index (χ1v) is 8.75. The van der Waals surface area contributed by atoms with Crippen LogP contribution < -0.4 is 0 Å². The topological polar surface area (TPSA) is 79.2 Å². The van der Waals surface area contributed by atoms with E-state index >= 15 is 0 Å². The minimum absolute atomic E-state index is 0. The van der Waals surface area contributed by atoms with Crippen LogP contribution >= 0.6 is 12.4 Å². The van der Waals surface area contributed by atoms with Gasteiger partial charge < -0.3 is 15.0 Å². The molecule has 2 N–H and O–H groups in total. The maximum absolute atomic E-state index is 10.3. The molecule has 0 spiro atoms. The van der Waals surface area contributed by atoms with E-state index in [-0.39, 0.29) is 18.3 Å². The molecule has 1 aliphatic heterocycles. The lowest BCUT2D eigenvalue weighted by Crippen LogP contribution is -2.43. The van der Waals surface area contributed by atoms with Gasteiger partial charge in [0, 0.05) is 44.3 Å². The number of H-pyrrole nitrogens is 1. The Kier molecular flexibility index (Phi) is 5.66. The molecule has 0 saturated carbocycles. The summed E-state index contributed by atoms with van der Waals surface area (Å²) in [5, 5.41) is 20.2. The number of aromatic amines is 1. The van der Waals surface area contributed by atoms with E-state index in [1.807, 2.05) is 18.3 Å². The van der Waals surface area contributed by atoms with Crippen molar-refractivity contribution in [2.75, 3.05) is 33.2 Å². The van der Waals surface area contributed by atoms with E-state index in [2.05, 4.69) is 39.0 Å². The molecule has 0 bridgehead atoms. The summed E-state index contributed by atoms with van der Waals surface area (Å²) < 4.78 is 0. The van der Waals surface area contributed by atoms with E-state index in [1.165, 1.54) is 5.56 Å². The number of hydrogen-bond acceptors (Lipinski definition) is 5. The number of pyridine rings is 1. The van der Waals surface area contributed by atoms with Crippen molar-refractivity contribution in [3.63, 3.8) is 0 Å². The van der Waals surface area contributed by atoms with Crippen LogP contribution in [0.25, 0.3) is 22.2 Å². The van der Waals surface area contributed by atoms with Crippen molar-refractivity contribution in [2.24, 2.45) is 0 Å². The molecule has 1 aromatic carbocycles. The standard InChI is InChI=1S/C20H21N5O.ClH/c1-24-6-8-25(9-7-24)13-15-3-5-17(22-12-15)19-16-4-2-14(11-21)10-18(16)23-20(19)26;/h2-5,10,12,23,26H,6-9,13H2,1H3;1H. The number of nitrogens with zero attached hydrogens (tertiary/aromatic N) is 4. The normalized spacial score (nSPS) is 15.4. The minimum Gasteiger partial charge on any atom is -0.494 e. The highest BCUT2D eigenvalue weighted by atomic mass is 35.5. The summed E-state index contributed by atoms with van der Waals surface area (Å²) in [5.41, 5.74) is 3.86. The van der Waals surface area contributed by atoms with Gasteiger partial charge in [-0.3, -0.25) is 9.88 Å². The molecule has 0 aliphatic carbocycles. The fourth-order valence-corrected chi connectivity index (χ4v) is 3.44. The number of aromatic nitrogens is 2. The average Bonchev–Trinajstić information content (AvgIpc) is 2.99. The molecule has 1 fully saturated rings. The first-order chi connectivity index (χ1) is 12.6. The van der Waals surface area contributed by atoms with Gasteiger partial charge in [0.25, 0.3) is 0 Å². The number of benzene rings is 1. The largest absolute Gasteiger partial charge is 0.494 e. The molecule has 0 unspecified atom stereocenters. The molecule has 3 heterocycles. The van der Waals surface area contributed by atoms with Crippen LogP contribution in [0.4, 0.5) is 0 Å². The van der Waals surface area contributed by atoms with Crippen LogP contribution in [-0.2, 0) is 6.54 Å². The summed E-state index contributed by atoms with van der Waals surface area (Å²) in [6.45, 7) is 5.23. The Morgan fingerprint density at radius 2 is 1.96 bits per heavy atom. The quantitative estimate of drug-likeness (QED) is 0.726. The molecule has 7 heteroatoms. The molecular weight excluding hydrogens is 362 g/mol. The summed E-state index contributed by atoms with van der Waals surface area (Å²) >= 11 is 0. The molecule has 0 radical (unpaired) electrons. The van der Waals surface area contributed by atoms with Gasteiger partial charge in [0.1, 0.15) is 0 Å². The van der Waals surface area contributed by atoms with Gasteiger partial charge in [0.2, 0.25) is 0 Å². The smallest absolute Gasteiger partial charge is 0.199 e. The van der Waals surface area contributed by atoms with E-state index in [0.717, 1.165) is 49.3 Å². The van der Waals surface area contributed by atoms with Crippen molar-refractivity contribution in [3.8, 4) is 23.2 Å². The third kappa shape index (κ3) is 3.91. The zero-order chi connectivity index (χ0) is 18.1. The monoisotopic (exact) mass is 383 g/mol. The van der Waals surface area contributed by atoms with E-state index in [0.29, 0.717) is 11.1 Å². The zero-order valence-electron chi connectivity index (χ0n) is 15.1. The molecule has 6 nitrogen and oxygen atoms in total. The van der Waals surface area contributed by atoms with E-state index < -0.39 is 0 Å². The molecule has 4 rings (SSSR count). The molecule has 140 valence electrons. The highest BCUT2D eigenvalue weighted by Gasteiger charge is 2.16. The van der Waals surface area contributed by atoms with Crippen LogP contribution in [0.1, 0.15) is 11.1 Å². The summed E-state index contributed by atoms with van der Waals surface area (Å²) in [5.74, 6) is 0.0782. The molecular formula is C20H22ClN5O. The van der Waals surface area contributed by atoms with Crippen molar-refractivity contribution in [3.05, 3.63) is 47.7 Å². The van der Waals surface area contributed by atoms with Crippen LogP contribution in [0, 0.1) is 11.3 Å². The van der Waals surface area contributed by atoms with Crippen LogP contribution in [0.15, 0.2) is 36.5 Å². The summed E-state index contributed by atoms with van der Waals surface area (Å²) in [6, 6.07) is 11.5. The van der Waals surface area contributed by atoms with Crippen LogP contribution in [-0.4, -0.2) is 58.1 Å². The van der Waals surface area contributed by atoms with E-state index in [1.54, 1.807) is 12.1 Å². The highest BCUT2D eigenvalue weighted by Crippen LogP contribution is 2.35. The number of halogens is 1. The van der Waals surface area contributed by atoms with Gasteiger partial charge in [-0.05, 0) is 30.8 Å². The number of nitriles is 1. The van der Waals surface area contributed by atoms with Gasteiger partial charge >= 0.3 is 0 Å². The number of nitrogens with one attached hydrogen (secondary N) is 1. The molecule has 0 amide bonds. The first kappa shape index (κ1) is 19.2. The summed E-state index contributed by atoms with van der Waals surface area (Å²) in [7, 11) is 2.15. The van der Waals surface area contributed by atoms with Gasteiger partial charge in [0.05, 0.1) is 28.4 Å². The second kappa shape index (κ2) is 7.97. The average molecular weight is 384 g/mol. The lowest BCUT2D eigenvalue weighted by atomic mass is 10.1. The van der Waals surface area contributed by atoms with Crippen molar-refractivity contribution in [2.45, 2.75) is 6.54 Å². The zero-order valence-corrected chi connectivity index (χ0v) is 16.0. The number of aromatic hydroxyl groups is 1. The Hall–Kier alpha value is -2.59. The Morgan fingerprint density at radius 1 is 1.19 bits per heavy atom. The van der Waals surface area contributed by atoms with Gasteiger partial charge in [-0.1, -0.05) is 12.1 Å². The predicted molar refractivity (Wildman–Crippen MR) is 108 cm³/mol. The SMILES string of the molecule is CN1CCN(Cc2ccc(-c3c(O)[nH]c4cc(C#N)ccc34)nc2)CC1.Cl. The summed E-state index contributed by atoms with van der Waals surface area (Å²) in [6.07, 6.45) is 1.88. The fourth-order valence-electron chi connectivity index (χ4n) is 3.44. The van der Waals surface area contributed by atoms with Crippen LogP contribution in [0.5, 0.6) is 5.88 Å². The molecule has 3 aromatic rings. The van der Waals surface area contributed by atoms with Gasteiger partial charge in [0.15, 0.2) is 5.88 Å². The van der Waals surface area contributed by atoms with E-state index in [4.69, 9.17) is 5.26 Å². The second-order valence-corrected chi connectivity index (χ2v) is 6.85. The summed E-state index contributed by atoms with van der Waals surface area (Å²) in [4.78, 5) is 12.3. The molecule has 2 aromatic heterocycles. The van der Waals surface area contributed by atoms with Crippen molar-refractivity contribution in [1.29, 1.82) is 5.26 Å².